The van der Waals surface area contributed by atoms with E-state index in [0.717, 1.165) is 101 Å². The van der Waals surface area contributed by atoms with Crippen LogP contribution in [0.15, 0.2) is 12.1 Å². The molecule has 3 saturated heterocycles. The van der Waals surface area contributed by atoms with Crippen molar-refractivity contribution in [2.45, 2.75) is 95.8 Å². The van der Waals surface area contributed by atoms with E-state index in [9.17, 15) is 9.59 Å². The first-order valence-electron chi connectivity index (χ1n) is 16.4. The Bertz CT molecular complexity index is 1080. The summed E-state index contributed by atoms with van der Waals surface area (Å²) in [6.45, 7) is 12.3. The van der Waals surface area contributed by atoms with E-state index >= 15 is 0 Å². The lowest BCUT2D eigenvalue weighted by Gasteiger charge is -2.38. The zero-order valence-electron chi connectivity index (χ0n) is 26.3. The number of ether oxygens (including phenoxy) is 1. The first kappa shape index (κ1) is 31.2. The van der Waals surface area contributed by atoms with Gasteiger partial charge in [0.1, 0.15) is 0 Å². The first-order chi connectivity index (χ1) is 20.2. The van der Waals surface area contributed by atoms with Crippen LogP contribution in [0, 0.1) is 18.8 Å². The number of carbonyl (C=O) groups is 2. The van der Waals surface area contributed by atoms with Crippen molar-refractivity contribution in [3.05, 3.63) is 28.8 Å². The topological polar surface area (TPSA) is 112 Å². The van der Waals surface area contributed by atoms with Crippen LogP contribution in [0.5, 0.6) is 0 Å². The van der Waals surface area contributed by atoms with Crippen LogP contribution in [-0.4, -0.2) is 93.9 Å². The second-order valence-corrected chi connectivity index (χ2v) is 13.6. The molecule has 0 bridgehead atoms. The smallest absolute Gasteiger partial charge is 0.251 e. The minimum absolute atomic E-state index is 0.0443. The predicted octanol–water partition coefficient (Wildman–Crippen LogP) is 2.76. The van der Waals surface area contributed by atoms with Gasteiger partial charge in [-0.1, -0.05) is 6.92 Å². The molecular weight excluding hydrogens is 528 g/mol. The molecule has 5 unspecified atom stereocenters. The number of hydrogen-bond acceptors (Lipinski definition) is 7. The van der Waals surface area contributed by atoms with Crippen molar-refractivity contribution in [1.29, 1.82) is 0 Å². The molecule has 5 rings (SSSR count). The van der Waals surface area contributed by atoms with Crippen LogP contribution in [0.25, 0.3) is 0 Å². The minimum Gasteiger partial charge on any atom is -0.379 e. The lowest BCUT2D eigenvalue weighted by Crippen LogP contribution is -2.50. The normalized spacial score (nSPS) is 32.7. The number of rotatable bonds is 8. The molecular formula is C33H54N6O3. The van der Waals surface area contributed by atoms with Gasteiger partial charge in [0.25, 0.3) is 5.91 Å². The highest BCUT2D eigenvalue weighted by atomic mass is 16.5. The quantitative estimate of drug-likeness (QED) is 0.373. The molecule has 5 atom stereocenters. The Morgan fingerprint density at radius 1 is 1.12 bits per heavy atom. The lowest BCUT2D eigenvalue weighted by molar-refractivity contribution is -0.129. The van der Waals surface area contributed by atoms with E-state index in [0.29, 0.717) is 30.6 Å². The summed E-state index contributed by atoms with van der Waals surface area (Å²) >= 11 is 0. The molecule has 2 amide bonds. The maximum atomic E-state index is 13.8. The lowest BCUT2D eigenvalue weighted by atomic mass is 9.84. The van der Waals surface area contributed by atoms with Gasteiger partial charge in [-0.15, -0.1) is 0 Å². The van der Waals surface area contributed by atoms with Crippen LogP contribution in [0.2, 0.25) is 0 Å². The predicted molar refractivity (Wildman–Crippen MR) is 168 cm³/mol. The number of anilines is 1. The van der Waals surface area contributed by atoms with Crippen molar-refractivity contribution >= 4 is 17.5 Å². The van der Waals surface area contributed by atoms with Gasteiger partial charge in [0.15, 0.2) is 0 Å². The van der Waals surface area contributed by atoms with E-state index < -0.39 is 0 Å². The highest BCUT2D eigenvalue weighted by Gasteiger charge is 2.33. The minimum atomic E-state index is -0.201. The Labute approximate surface area is 252 Å². The molecule has 3 aliphatic heterocycles. The monoisotopic (exact) mass is 582 g/mol. The summed E-state index contributed by atoms with van der Waals surface area (Å²) in [6.07, 6.45) is 7.38. The Hall–Kier alpha value is -2.20. The van der Waals surface area contributed by atoms with Crippen molar-refractivity contribution in [2.24, 2.45) is 17.6 Å². The van der Waals surface area contributed by atoms with E-state index in [4.69, 9.17) is 10.5 Å². The Morgan fingerprint density at radius 3 is 2.52 bits per heavy atom. The van der Waals surface area contributed by atoms with Gasteiger partial charge in [0.05, 0.1) is 19.1 Å². The summed E-state index contributed by atoms with van der Waals surface area (Å²) in [5.74, 6) is 0.355. The summed E-state index contributed by atoms with van der Waals surface area (Å²) in [6, 6.07) is 5.86. The number of piperidine rings is 2. The summed E-state index contributed by atoms with van der Waals surface area (Å²) in [4.78, 5) is 31.4. The number of morpholine rings is 1. The van der Waals surface area contributed by atoms with Crippen molar-refractivity contribution < 1.29 is 14.3 Å². The SMILES string of the molecule is Cc1c(C(=O)NCC2C(=O)NC(C)CC2C)cc(C2CCC(CN3CCOCC3)NC2)cc1N(C)[C@H]1CC[C@@H](N)CC1. The van der Waals surface area contributed by atoms with Gasteiger partial charge in [-0.3, -0.25) is 14.5 Å². The van der Waals surface area contributed by atoms with E-state index in [-0.39, 0.29) is 29.7 Å². The van der Waals surface area contributed by atoms with Crippen LogP contribution in [-0.2, 0) is 9.53 Å². The molecule has 9 heteroatoms. The third kappa shape index (κ3) is 7.47. The van der Waals surface area contributed by atoms with Crippen LogP contribution in [0.3, 0.4) is 0 Å². The number of nitrogens with two attached hydrogens (primary N) is 1. The standard InChI is InChI=1S/C33H54N6O3/c1-21-15-22(2)37-33(41)30(21)19-36-32(40)29-16-25(17-31(23(29)3)38(4)28-9-6-26(34)7-10-28)24-5-8-27(35-18-24)20-39-11-13-42-14-12-39/h16-17,21-22,24,26-28,30,35H,5-15,18-20,34H2,1-4H3,(H,36,40)(H,37,41)/t21?,22?,24?,26-,27?,28+,30?. The second-order valence-electron chi connectivity index (χ2n) is 13.6. The van der Waals surface area contributed by atoms with Gasteiger partial charge in [0, 0.05) is 75.2 Å². The Morgan fingerprint density at radius 2 is 1.86 bits per heavy atom. The van der Waals surface area contributed by atoms with E-state index in [2.05, 4.69) is 58.8 Å². The van der Waals surface area contributed by atoms with E-state index in [1.807, 2.05) is 6.92 Å². The first-order valence-corrected chi connectivity index (χ1v) is 16.4. The molecule has 0 radical (unpaired) electrons. The highest BCUT2D eigenvalue weighted by molar-refractivity contribution is 5.97. The number of nitrogens with one attached hydrogen (secondary N) is 3. The summed E-state index contributed by atoms with van der Waals surface area (Å²) in [7, 11) is 2.18. The van der Waals surface area contributed by atoms with Gasteiger partial charge >= 0.3 is 0 Å². The third-order valence-electron chi connectivity index (χ3n) is 10.5. The number of nitrogens with zero attached hydrogens (tertiary/aromatic N) is 2. The van der Waals surface area contributed by atoms with Gasteiger partial charge < -0.3 is 31.3 Å². The van der Waals surface area contributed by atoms with E-state index in [1.54, 1.807) is 0 Å². The summed E-state index contributed by atoms with van der Waals surface area (Å²) in [5, 5.41) is 10.0. The second kappa shape index (κ2) is 14.1. The molecule has 42 heavy (non-hydrogen) atoms. The Kier molecular flexibility index (Phi) is 10.5. The van der Waals surface area contributed by atoms with Gasteiger partial charge in [-0.2, -0.15) is 0 Å². The average molecular weight is 583 g/mol. The molecule has 4 aliphatic rings. The van der Waals surface area contributed by atoms with Gasteiger partial charge in [-0.05, 0) is 93.9 Å². The summed E-state index contributed by atoms with van der Waals surface area (Å²) in [5.41, 5.74) is 10.3. The molecule has 1 aliphatic carbocycles. The average Bonchev–Trinajstić information content (AvgIpc) is 2.97. The third-order valence-corrected chi connectivity index (χ3v) is 10.5. The number of benzene rings is 1. The fourth-order valence-electron chi connectivity index (χ4n) is 7.68. The fourth-order valence-corrected chi connectivity index (χ4v) is 7.68. The maximum absolute atomic E-state index is 13.8. The molecule has 9 nitrogen and oxygen atoms in total. The molecule has 1 aromatic rings. The molecule has 3 heterocycles. The number of amides is 2. The van der Waals surface area contributed by atoms with Crippen molar-refractivity contribution in [1.82, 2.24) is 20.9 Å². The molecule has 0 spiro atoms. The fraction of sp³-hybridized carbons (Fsp3) is 0.758. The van der Waals surface area contributed by atoms with Gasteiger partial charge in [0.2, 0.25) is 5.91 Å². The molecule has 4 fully saturated rings. The number of carbonyl (C=O) groups excluding carboxylic acids is 2. The molecule has 1 aromatic carbocycles. The van der Waals surface area contributed by atoms with Crippen LogP contribution in [0.1, 0.15) is 86.2 Å². The Balaban J connectivity index is 1.32. The molecule has 234 valence electrons. The zero-order chi connectivity index (χ0) is 29.8. The zero-order valence-corrected chi connectivity index (χ0v) is 26.3. The van der Waals surface area contributed by atoms with Crippen LogP contribution in [0.4, 0.5) is 5.69 Å². The van der Waals surface area contributed by atoms with Crippen LogP contribution < -0.4 is 26.6 Å². The van der Waals surface area contributed by atoms with Crippen LogP contribution >= 0.6 is 0 Å². The maximum Gasteiger partial charge on any atom is 0.251 e. The van der Waals surface area contributed by atoms with E-state index in [1.165, 1.54) is 5.56 Å². The van der Waals surface area contributed by atoms with Crippen molar-refractivity contribution in [2.75, 3.05) is 57.9 Å². The largest absolute Gasteiger partial charge is 0.379 e. The van der Waals surface area contributed by atoms with Crippen molar-refractivity contribution in [3.8, 4) is 0 Å². The molecule has 0 aromatic heterocycles. The number of hydrogen-bond donors (Lipinski definition) is 4. The summed E-state index contributed by atoms with van der Waals surface area (Å²) < 4.78 is 5.53. The van der Waals surface area contributed by atoms with Gasteiger partial charge in [-0.25, -0.2) is 0 Å². The molecule has 5 N–H and O–H groups in total. The highest BCUT2D eigenvalue weighted by Crippen LogP contribution is 2.35. The van der Waals surface area contributed by atoms with Crippen molar-refractivity contribution in [3.63, 3.8) is 0 Å². The molecule has 1 saturated carbocycles.